The third-order valence-electron chi connectivity index (χ3n) is 2.91. The van der Waals surface area contributed by atoms with Crippen molar-refractivity contribution in [2.75, 3.05) is 6.61 Å². The Kier molecular flexibility index (Phi) is 5.74. The molecule has 1 heterocycles. The van der Waals surface area contributed by atoms with Gasteiger partial charge in [-0.2, -0.15) is 5.10 Å². The van der Waals surface area contributed by atoms with Crippen LogP contribution >= 0.6 is 0 Å². The fourth-order valence-corrected chi connectivity index (χ4v) is 2.18. The first-order valence-corrected chi connectivity index (χ1v) is 7.17. The van der Waals surface area contributed by atoms with Gasteiger partial charge < -0.3 is 10.4 Å². The van der Waals surface area contributed by atoms with Crippen LogP contribution in [0.4, 0.5) is 0 Å². The quantitative estimate of drug-likeness (QED) is 0.747. The van der Waals surface area contributed by atoms with Gasteiger partial charge in [0.15, 0.2) is 0 Å². The van der Waals surface area contributed by atoms with E-state index in [1.807, 2.05) is 0 Å². The molecule has 5 heteroatoms. The molecule has 0 spiro atoms. The predicted octanol–water partition coefficient (Wildman–Crippen LogP) is 2.14. The van der Waals surface area contributed by atoms with Crippen molar-refractivity contribution in [1.82, 2.24) is 15.5 Å². The van der Waals surface area contributed by atoms with Gasteiger partial charge in [0, 0.05) is 5.69 Å². The van der Waals surface area contributed by atoms with E-state index in [4.69, 9.17) is 0 Å². The van der Waals surface area contributed by atoms with Gasteiger partial charge in [0.25, 0.3) is 5.91 Å². The van der Waals surface area contributed by atoms with Crippen molar-refractivity contribution in [3.8, 4) is 0 Å². The van der Waals surface area contributed by atoms with Crippen molar-refractivity contribution in [2.45, 2.75) is 53.5 Å². The summed E-state index contributed by atoms with van der Waals surface area (Å²) in [5.74, 6) is 0.275. The largest absolute Gasteiger partial charge is 0.394 e. The second-order valence-electron chi connectivity index (χ2n) is 6.99. The highest BCUT2D eigenvalue weighted by molar-refractivity contribution is 5.92. The van der Waals surface area contributed by atoms with Crippen LogP contribution in [0.5, 0.6) is 0 Å². The molecular weight excluding hydrogens is 254 g/mol. The van der Waals surface area contributed by atoms with E-state index < -0.39 is 0 Å². The predicted molar refractivity (Wildman–Crippen MR) is 79.5 cm³/mol. The van der Waals surface area contributed by atoms with E-state index in [-0.39, 0.29) is 24.0 Å². The zero-order valence-corrected chi connectivity index (χ0v) is 13.2. The molecule has 0 saturated heterocycles. The van der Waals surface area contributed by atoms with Crippen LogP contribution in [0.2, 0.25) is 0 Å². The summed E-state index contributed by atoms with van der Waals surface area (Å²) in [6, 6.07) is 1.54. The van der Waals surface area contributed by atoms with Gasteiger partial charge in [0.05, 0.1) is 12.6 Å². The summed E-state index contributed by atoms with van der Waals surface area (Å²) >= 11 is 0. The Hall–Kier alpha value is -1.36. The molecule has 5 nitrogen and oxygen atoms in total. The van der Waals surface area contributed by atoms with Crippen LogP contribution in [0.1, 0.15) is 57.2 Å². The van der Waals surface area contributed by atoms with E-state index in [9.17, 15) is 9.90 Å². The second-order valence-corrected chi connectivity index (χ2v) is 6.99. The summed E-state index contributed by atoms with van der Waals surface area (Å²) in [4.78, 5) is 12.1. The van der Waals surface area contributed by atoms with Gasteiger partial charge in [-0.3, -0.25) is 9.89 Å². The first-order valence-electron chi connectivity index (χ1n) is 7.17. The topological polar surface area (TPSA) is 78.0 Å². The summed E-state index contributed by atoms with van der Waals surface area (Å²) in [6.45, 7) is 10.4. The highest BCUT2D eigenvalue weighted by Gasteiger charge is 2.21. The maximum Gasteiger partial charge on any atom is 0.272 e. The van der Waals surface area contributed by atoms with E-state index >= 15 is 0 Å². The number of carbonyl (C=O) groups excluding carboxylic acids is 1. The average molecular weight is 281 g/mol. The van der Waals surface area contributed by atoms with Crippen LogP contribution in [0.25, 0.3) is 0 Å². The summed E-state index contributed by atoms with van der Waals surface area (Å²) in [6.07, 6.45) is 1.59. The van der Waals surface area contributed by atoms with Crippen molar-refractivity contribution < 1.29 is 9.90 Å². The lowest BCUT2D eigenvalue weighted by atomic mass is 9.88. The molecule has 0 bridgehead atoms. The average Bonchev–Trinajstić information content (AvgIpc) is 2.73. The van der Waals surface area contributed by atoms with Gasteiger partial charge in [-0.05, 0) is 30.2 Å². The van der Waals surface area contributed by atoms with Crippen LogP contribution in [0.15, 0.2) is 6.07 Å². The molecule has 3 N–H and O–H groups in total. The minimum Gasteiger partial charge on any atom is -0.394 e. The minimum atomic E-state index is -0.243. The van der Waals surface area contributed by atoms with Crippen molar-refractivity contribution in [3.63, 3.8) is 0 Å². The number of nitrogens with zero attached hydrogens (tertiary/aromatic N) is 1. The molecular formula is C15H27N3O2. The number of H-pyrrole nitrogens is 1. The molecule has 114 valence electrons. The van der Waals surface area contributed by atoms with Crippen molar-refractivity contribution in [3.05, 3.63) is 17.5 Å². The van der Waals surface area contributed by atoms with Gasteiger partial charge in [-0.25, -0.2) is 0 Å². The fraction of sp³-hybridized carbons (Fsp3) is 0.733. The molecule has 0 saturated carbocycles. The number of nitrogens with one attached hydrogen (secondary N) is 2. The highest BCUT2D eigenvalue weighted by Crippen LogP contribution is 2.20. The Balaban J connectivity index is 2.63. The maximum atomic E-state index is 12.1. The number of carbonyl (C=O) groups is 1. The summed E-state index contributed by atoms with van der Waals surface area (Å²) < 4.78 is 0. The van der Waals surface area contributed by atoms with Crippen LogP contribution in [-0.4, -0.2) is 33.9 Å². The molecule has 0 aromatic carbocycles. The normalized spacial score (nSPS) is 13.6. The molecule has 0 aliphatic heterocycles. The minimum absolute atomic E-state index is 0.0506. The summed E-state index contributed by atoms with van der Waals surface area (Å²) in [7, 11) is 0. The Labute approximate surface area is 121 Å². The lowest BCUT2D eigenvalue weighted by Crippen LogP contribution is -2.40. The third kappa shape index (κ3) is 5.74. The number of hydrogen-bond acceptors (Lipinski definition) is 3. The van der Waals surface area contributed by atoms with E-state index in [2.05, 4.69) is 50.1 Å². The number of hydrogen-bond donors (Lipinski definition) is 3. The van der Waals surface area contributed by atoms with E-state index in [1.165, 1.54) is 0 Å². The fourth-order valence-electron chi connectivity index (χ4n) is 2.18. The van der Waals surface area contributed by atoms with Crippen LogP contribution in [0, 0.1) is 11.3 Å². The zero-order valence-electron chi connectivity index (χ0n) is 13.2. The molecule has 0 aliphatic rings. The molecule has 1 atom stereocenters. The molecule has 1 amide bonds. The van der Waals surface area contributed by atoms with E-state index in [0.717, 1.165) is 18.5 Å². The maximum absolute atomic E-state index is 12.1. The first kappa shape index (κ1) is 16.7. The second kappa shape index (κ2) is 6.88. The molecule has 0 fully saturated rings. The van der Waals surface area contributed by atoms with Gasteiger partial charge in [0.1, 0.15) is 5.69 Å². The Morgan fingerprint density at radius 1 is 1.45 bits per heavy atom. The number of aliphatic hydroxyl groups is 1. The van der Waals surface area contributed by atoms with Crippen molar-refractivity contribution >= 4 is 5.91 Å². The van der Waals surface area contributed by atoms with Crippen LogP contribution < -0.4 is 5.32 Å². The Morgan fingerprint density at radius 3 is 2.60 bits per heavy atom. The molecule has 0 radical (unpaired) electrons. The van der Waals surface area contributed by atoms with Gasteiger partial charge in [-0.1, -0.05) is 34.6 Å². The highest BCUT2D eigenvalue weighted by atomic mass is 16.3. The van der Waals surface area contributed by atoms with Gasteiger partial charge in [-0.15, -0.1) is 0 Å². The number of aromatic nitrogens is 2. The standard InChI is InChI=1S/C15H27N3O2/c1-10(2)6-11-7-13(18-17-11)14(20)16-12(9-19)8-15(3,4)5/h7,10,12,19H,6,8-9H2,1-5H3,(H,16,20)(H,17,18). The number of aromatic amines is 1. The third-order valence-corrected chi connectivity index (χ3v) is 2.91. The molecule has 20 heavy (non-hydrogen) atoms. The summed E-state index contributed by atoms with van der Waals surface area (Å²) in [5, 5.41) is 19.1. The zero-order chi connectivity index (χ0) is 15.3. The lowest BCUT2D eigenvalue weighted by molar-refractivity contribution is 0.0892. The van der Waals surface area contributed by atoms with Crippen molar-refractivity contribution in [2.24, 2.45) is 11.3 Å². The van der Waals surface area contributed by atoms with Gasteiger partial charge in [0.2, 0.25) is 0 Å². The molecule has 1 rings (SSSR count). The smallest absolute Gasteiger partial charge is 0.272 e. The lowest BCUT2D eigenvalue weighted by Gasteiger charge is -2.25. The Morgan fingerprint density at radius 2 is 2.10 bits per heavy atom. The molecule has 1 unspecified atom stereocenters. The monoisotopic (exact) mass is 281 g/mol. The van der Waals surface area contributed by atoms with E-state index in [0.29, 0.717) is 11.6 Å². The molecule has 0 aliphatic carbocycles. The number of aliphatic hydroxyl groups excluding tert-OH is 1. The van der Waals surface area contributed by atoms with Gasteiger partial charge >= 0.3 is 0 Å². The van der Waals surface area contributed by atoms with Crippen LogP contribution in [-0.2, 0) is 6.42 Å². The number of amides is 1. The van der Waals surface area contributed by atoms with Crippen molar-refractivity contribution in [1.29, 1.82) is 0 Å². The SMILES string of the molecule is CC(C)Cc1cc(C(=O)NC(CO)CC(C)(C)C)n[nH]1. The summed E-state index contributed by atoms with van der Waals surface area (Å²) in [5.41, 5.74) is 1.39. The van der Waals surface area contributed by atoms with E-state index in [1.54, 1.807) is 6.07 Å². The van der Waals surface area contributed by atoms with Crippen LogP contribution in [0.3, 0.4) is 0 Å². The first-order chi connectivity index (χ1) is 9.21. The molecule has 1 aromatic heterocycles. The number of rotatable bonds is 6. The molecule has 1 aromatic rings. The Bertz CT molecular complexity index is 433.